The van der Waals surface area contributed by atoms with Crippen LogP contribution in [-0.4, -0.2) is 38.3 Å². The van der Waals surface area contributed by atoms with Gasteiger partial charge in [0.05, 0.1) is 16.8 Å². The molecule has 2 aromatic rings. The summed E-state index contributed by atoms with van der Waals surface area (Å²) in [4.78, 5) is 24.4. The molecule has 29 heavy (non-hydrogen) atoms. The maximum Gasteiger partial charge on any atom is 0.273 e. The van der Waals surface area contributed by atoms with Crippen LogP contribution in [0.3, 0.4) is 0 Å². The molecule has 0 radical (unpaired) electrons. The van der Waals surface area contributed by atoms with Gasteiger partial charge in [0.2, 0.25) is 10.0 Å². The fourth-order valence-corrected chi connectivity index (χ4v) is 4.77. The first-order valence-corrected chi connectivity index (χ1v) is 11.9. The molecular formula is C17H19Cl2N3O5S2. The molecule has 1 atom stereocenters. The van der Waals surface area contributed by atoms with Crippen LogP contribution in [0.5, 0.6) is 0 Å². The number of hydrogen-bond donors (Lipinski definition) is 3. The summed E-state index contributed by atoms with van der Waals surface area (Å²) in [7, 11) is -4.14. The van der Waals surface area contributed by atoms with Crippen LogP contribution in [0.15, 0.2) is 39.8 Å². The summed E-state index contributed by atoms with van der Waals surface area (Å²) in [6, 6.07) is 4.30. The lowest BCUT2D eigenvalue weighted by Crippen LogP contribution is -2.52. The second-order valence-corrected chi connectivity index (χ2v) is 9.38. The number of hydrazine groups is 1. The van der Waals surface area contributed by atoms with E-state index in [0.717, 1.165) is 0 Å². The van der Waals surface area contributed by atoms with E-state index < -0.39 is 27.9 Å². The number of halogens is 2. The monoisotopic (exact) mass is 479 g/mol. The normalized spacial score (nSPS) is 12.4. The summed E-state index contributed by atoms with van der Waals surface area (Å²) in [5.41, 5.74) is 4.72. The predicted molar refractivity (Wildman–Crippen MR) is 113 cm³/mol. The second-order valence-electron chi connectivity index (χ2n) is 5.86. The zero-order valence-corrected chi connectivity index (χ0v) is 18.6. The van der Waals surface area contributed by atoms with Crippen molar-refractivity contribution in [2.24, 2.45) is 0 Å². The summed E-state index contributed by atoms with van der Waals surface area (Å²) in [6.45, 7) is 1.60. The molecular weight excluding hydrogens is 461 g/mol. The molecule has 12 heteroatoms. The van der Waals surface area contributed by atoms with Crippen LogP contribution in [0.1, 0.15) is 22.5 Å². The van der Waals surface area contributed by atoms with Gasteiger partial charge >= 0.3 is 0 Å². The Kier molecular flexibility index (Phi) is 8.41. The Morgan fingerprint density at radius 2 is 1.93 bits per heavy atom. The lowest BCUT2D eigenvalue weighted by Gasteiger charge is -2.19. The van der Waals surface area contributed by atoms with Gasteiger partial charge in [0.25, 0.3) is 11.8 Å². The van der Waals surface area contributed by atoms with E-state index in [0.29, 0.717) is 11.5 Å². The van der Waals surface area contributed by atoms with Gasteiger partial charge in [0, 0.05) is 5.02 Å². The second kappa shape index (κ2) is 10.4. The minimum atomic E-state index is -4.14. The molecule has 0 aliphatic heterocycles. The van der Waals surface area contributed by atoms with Crippen molar-refractivity contribution < 1.29 is 22.4 Å². The number of rotatable bonds is 8. The molecule has 0 bridgehead atoms. The van der Waals surface area contributed by atoms with Crippen molar-refractivity contribution in [3.8, 4) is 0 Å². The van der Waals surface area contributed by atoms with Crippen molar-refractivity contribution in [1.29, 1.82) is 0 Å². The molecule has 0 saturated heterocycles. The van der Waals surface area contributed by atoms with Gasteiger partial charge in [-0.2, -0.15) is 16.5 Å². The molecule has 0 saturated carbocycles. The molecule has 158 valence electrons. The lowest BCUT2D eigenvalue weighted by atomic mass is 10.2. The Balaban J connectivity index is 2.13. The molecule has 2 amide bonds. The average Bonchev–Trinajstić information content (AvgIpc) is 3.10. The molecule has 1 heterocycles. The number of nitrogens with one attached hydrogen (secondary N) is 3. The average molecular weight is 480 g/mol. The minimum Gasteiger partial charge on any atom is -0.469 e. The van der Waals surface area contributed by atoms with E-state index in [1.165, 1.54) is 42.3 Å². The van der Waals surface area contributed by atoms with E-state index in [1.54, 1.807) is 6.92 Å². The number of sulfonamides is 1. The number of amides is 2. The van der Waals surface area contributed by atoms with Gasteiger partial charge in [-0.1, -0.05) is 23.2 Å². The summed E-state index contributed by atoms with van der Waals surface area (Å²) >= 11 is 13.3. The van der Waals surface area contributed by atoms with Crippen molar-refractivity contribution in [1.82, 2.24) is 15.6 Å². The molecule has 0 aliphatic rings. The summed E-state index contributed by atoms with van der Waals surface area (Å²) in [5, 5.41) is 0.150. The number of hydrogen-bond acceptors (Lipinski definition) is 6. The Morgan fingerprint density at radius 1 is 1.21 bits per heavy atom. The highest BCUT2D eigenvalue weighted by Crippen LogP contribution is 2.25. The molecule has 2 rings (SSSR count). The van der Waals surface area contributed by atoms with Gasteiger partial charge in [-0.15, -0.1) is 0 Å². The third-order valence-corrected chi connectivity index (χ3v) is 6.64. The number of benzene rings is 1. The third-order valence-electron chi connectivity index (χ3n) is 3.81. The number of furan rings is 1. The Hall–Kier alpha value is -1.72. The van der Waals surface area contributed by atoms with E-state index in [2.05, 4.69) is 15.6 Å². The summed E-state index contributed by atoms with van der Waals surface area (Å²) < 4.78 is 32.8. The summed E-state index contributed by atoms with van der Waals surface area (Å²) in [6.07, 6.45) is 3.35. The van der Waals surface area contributed by atoms with Crippen LogP contribution in [0.25, 0.3) is 0 Å². The van der Waals surface area contributed by atoms with Crippen LogP contribution < -0.4 is 15.6 Å². The highest BCUT2D eigenvalue weighted by Gasteiger charge is 2.27. The molecule has 1 aromatic carbocycles. The first-order valence-electron chi connectivity index (χ1n) is 8.26. The molecule has 0 spiro atoms. The van der Waals surface area contributed by atoms with Gasteiger partial charge in [-0.3, -0.25) is 20.4 Å². The van der Waals surface area contributed by atoms with E-state index in [1.807, 2.05) is 6.26 Å². The fraction of sp³-hybridized carbons (Fsp3) is 0.294. The smallest absolute Gasteiger partial charge is 0.273 e. The molecule has 8 nitrogen and oxygen atoms in total. The van der Waals surface area contributed by atoms with Gasteiger partial charge in [-0.05, 0) is 49.6 Å². The van der Waals surface area contributed by atoms with Crippen LogP contribution in [0.2, 0.25) is 10.0 Å². The largest absolute Gasteiger partial charge is 0.469 e. The zero-order chi connectivity index (χ0) is 21.6. The number of aryl methyl sites for hydroxylation is 1. The number of carbonyl (C=O) groups excluding carboxylic acids is 2. The number of thioether (sulfide) groups is 1. The van der Waals surface area contributed by atoms with Crippen molar-refractivity contribution >= 4 is 56.8 Å². The molecule has 1 aromatic heterocycles. The zero-order valence-electron chi connectivity index (χ0n) is 15.5. The van der Waals surface area contributed by atoms with Crippen molar-refractivity contribution in [3.63, 3.8) is 0 Å². The van der Waals surface area contributed by atoms with E-state index >= 15 is 0 Å². The highest BCUT2D eigenvalue weighted by atomic mass is 35.5. The first-order chi connectivity index (χ1) is 13.7. The standard InChI is InChI=1S/C17H19Cl2N3O5S2/c1-10-12(5-7-27-10)16(23)20-21-17(24)14(6-8-28-2)22-29(25,26)15-9-11(18)3-4-13(15)19/h3-5,7,9,14,22H,6,8H2,1-2H3,(H,20,23)(H,21,24). The minimum absolute atomic E-state index is 0.0327. The Morgan fingerprint density at radius 3 is 2.55 bits per heavy atom. The van der Waals surface area contributed by atoms with Crippen LogP contribution in [0.4, 0.5) is 0 Å². The highest BCUT2D eigenvalue weighted by molar-refractivity contribution is 7.98. The first kappa shape index (κ1) is 23.6. The van der Waals surface area contributed by atoms with Crippen LogP contribution >= 0.6 is 35.0 Å². The van der Waals surface area contributed by atoms with Crippen LogP contribution in [-0.2, 0) is 14.8 Å². The van der Waals surface area contributed by atoms with Crippen molar-refractivity contribution in [2.45, 2.75) is 24.3 Å². The van der Waals surface area contributed by atoms with Crippen molar-refractivity contribution in [3.05, 3.63) is 51.9 Å². The van der Waals surface area contributed by atoms with Crippen molar-refractivity contribution in [2.75, 3.05) is 12.0 Å². The maximum atomic E-state index is 12.7. The van der Waals surface area contributed by atoms with Gasteiger partial charge in [0.15, 0.2) is 0 Å². The quantitative estimate of drug-likeness (QED) is 0.501. The SMILES string of the molecule is CSCCC(NS(=O)(=O)c1cc(Cl)ccc1Cl)C(=O)NNC(=O)c1ccoc1C. The maximum absolute atomic E-state index is 12.7. The van der Waals surface area contributed by atoms with E-state index in [9.17, 15) is 18.0 Å². The van der Waals surface area contributed by atoms with E-state index in [-0.39, 0.29) is 26.9 Å². The molecule has 1 unspecified atom stereocenters. The molecule has 0 aliphatic carbocycles. The van der Waals surface area contributed by atoms with Crippen LogP contribution in [0, 0.1) is 6.92 Å². The topological polar surface area (TPSA) is 118 Å². The van der Waals surface area contributed by atoms with Gasteiger partial charge < -0.3 is 4.42 Å². The lowest BCUT2D eigenvalue weighted by molar-refractivity contribution is -0.123. The fourth-order valence-electron chi connectivity index (χ4n) is 2.31. The third kappa shape index (κ3) is 6.38. The van der Waals surface area contributed by atoms with Gasteiger partial charge in [0.1, 0.15) is 16.7 Å². The van der Waals surface area contributed by atoms with E-state index in [4.69, 9.17) is 27.6 Å². The Bertz CT molecular complexity index is 995. The Labute approximate surface area is 182 Å². The summed E-state index contributed by atoms with van der Waals surface area (Å²) in [5.74, 6) is -0.435. The predicted octanol–water partition coefficient (Wildman–Crippen LogP) is 2.76. The van der Waals surface area contributed by atoms with Gasteiger partial charge in [-0.25, -0.2) is 8.42 Å². The molecule has 0 fully saturated rings. The number of carbonyl (C=O) groups is 2. The molecule has 3 N–H and O–H groups in total.